The lowest BCUT2D eigenvalue weighted by Crippen LogP contribution is -2.41. The van der Waals surface area contributed by atoms with E-state index in [1.54, 1.807) is 12.7 Å². The van der Waals surface area contributed by atoms with Crippen LogP contribution in [0.3, 0.4) is 0 Å². The molecule has 1 saturated heterocycles. The molecule has 0 radical (unpaired) electrons. The maximum Gasteiger partial charge on any atom is 0.230 e. The van der Waals surface area contributed by atoms with Crippen LogP contribution in [0.2, 0.25) is 0 Å². The van der Waals surface area contributed by atoms with E-state index in [0.29, 0.717) is 12.0 Å². The monoisotopic (exact) mass is 288 g/mol. The molecule has 0 N–H and O–H groups in total. The highest BCUT2D eigenvalue weighted by Crippen LogP contribution is 2.39. The molecule has 1 aliphatic carbocycles. The van der Waals surface area contributed by atoms with Crippen LogP contribution in [0.15, 0.2) is 17.1 Å². The predicted molar refractivity (Wildman–Crippen MR) is 74.3 cm³/mol. The number of likely N-dealkylation sites (tertiary alicyclic amines) is 1. The Balaban J connectivity index is 1.42. The van der Waals surface area contributed by atoms with Gasteiger partial charge in [0.25, 0.3) is 0 Å². The van der Waals surface area contributed by atoms with Crippen molar-refractivity contribution in [3.63, 3.8) is 0 Å². The summed E-state index contributed by atoms with van der Waals surface area (Å²) in [6.45, 7) is 2.71. The Morgan fingerprint density at radius 1 is 1.19 bits per heavy atom. The Kier molecular flexibility index (Phi) is 3.42. The molecule has 1 aliphatic heterocycles. The first-order valence-corrected chi connectivity index (χ1v) is 7.77. The van der Waals surface area contributed by atoms with Gasteiger partial charge in [-0.3, -0.25) is 9.58 Å². The highest BCUT2D eigenvalue weighted by Gasteiger charge is 2.30. The molecule has 7 heteroatoms. The van der Waals surface area contributed by atoms with Crippen LogP contribution in [0.5, 0.6) is 0 Å². The zero-order chi connectivity index (χ0) is 14.1. The van der Waals surface area contributed by atoms with Crippen molar-refractivity contribution in [2.45, 2.75) is 57.2 Å². The Labute approximate surface area is 123 Å². The van der Waals surface area contributed by atoms with Crippen LogP contribution in [0.25, 0.3) is 0 Å². The van der Waals surface area contributed by atoms with E-state index in [0.717, 1.165) is 31.4 Å². The van der Waals surface area contributed by atoms with Gasteiger partial charge in [-0.1, -0.05) is 6.42 Å². The maximum atomic E-state index is 5.80. The molecule has 1 atom stereocenters. The van der Waals surface area contributed by atoms with Crippen molar-refractivity contribution in [2.75, 3.05) is 6.54 Å². The molecule has 3 heterocycles. The van der Waals surface area contributed by atoms with Gasteiger partial charge < -0.3 is 4.42 Å². The molecule has 0 bridgehead atoms. The van der Waals surface area contributed by atoms with Gasteiger partial charge >= 0.3 is 0 Å². The minimum absolute atomic E-state index is 0.469. The second-order valence-electron chi connectivity index (χ2n) is 6.05. The van der Waals surface area contributed by atoms with Gasteiger partial charge in [-0.25, -0.2) is 4.98 Å². The molecule has 0 spiro atoms. The molecular formula is C14H20N6O. The van der Waals surface area contributed by atoms with Crippen LogP contribution in [-0.2, 0) is 13.1 Å². The van der Waals surface area contributed by atoms with Crippen molar-refractivity contribution < 1.29 is 4.42 Å². The molecule has 2 aromatic rings. The SMILES string of the molecule is c1ncn(CC2CCCCN2Cc2nnc(C3CC3)o2)n1. The van der Waals surface area contributed by atoms with Crippen LogP contribution < -0.4 is 0 Å². The smallest absolute Gasteiger partial charge is 0.230 e. The summed E-state index contributed by atoms with van der Waals surface area (Å²) >= 11 is 0. The highest BCUT2D eigenvalue weighted by molar-refractivity contribution is 5.00. The third-order valence-corrected chi connectivity index (χ3v) is 4.36. The molecule has 0 amide bonds. The van der Waals surface area contributed by atoms with E-state index in [2.05, 4.69) is 25.2 Å². The van der Waals surface area contributed by atoms with Crippen LogP contribution in [0, 0.1) is 0 Å². The van der Waals surface area contributed by atoms with E-state index in [-0.39, 0.29) is 0 Å². The summed E-state index contributed by atoms with van der Waals surface area (Å²) in [5.74, 6) is 2.11. The van der Waals surface area contributed by atoms with Crippen molar-refractivity contribution >= 4 is 0 Å². The van der Waals surface area contributed by atoms with Gasteiger partial charge in [0.05, 0.1) is 13.1 Å². The topological polar surface area (TPSA) is 72.9 Å². The van der Waals surface area contributed by atoms with Crippen LogP contribution >= 0.6 is 0 Å². The zero-order valence-corrected chi connectivity index (χ0v) is 12.1. The average Bonchev–Trinajstić information content (AvgIpc) is 3.03. The molecule has 7 nitrogen and oxygen atoms in total. The number of aromatic nitrogens is 5. The first-order chi connectivity index (χ1) is 10.4. The molecule has 112 valence electrons. The summed E-state index contributed by atoms with van der Waals surface area (Å²) in [5, 5.41) is 12.6. The van der Waals surface area contributed by atoms with Crippen molar-refractivity contribution in [2.24, 2.45) is 0 Å². The molecule has 2 aromatic heterocycles. The maximum absolute atomic E-state index is 5.80. The van der Waals surface area contributed by atoms with Gasteiger partial charge in [-0.05, 0) is 32.2 Å². The van der Waals surface area contributed by atoms with Crippen molar-refractivity contribution in [1.29, 1.82) is 0 Å². The Morgan fingerprint density at radius 2 is 2.14 bits per heavy atom. The summed E-state index contributed by atoms with van der Waals surface area (Å²) < 4.78 is 7.70. The summed E-state index contributed by atoms with van der Waals surface area (Å²) in [7, 11) is 0. The van der Waals surface area contributed by atoms with E-state index in [1.807, 2.05) is 4.68 Å². The van der Waals surface area contributed by atoms with Gasteiger partial charge in [0.1, 0.15) is 12.7 Å². The van der Waals surface area contributed by atoms with Crippen LogP contribution in [0.1, 0.15) is 49.8 Å². The first kappa shape index (κ1) is 12.9. The largest absolute Gasteiger partial charge is 0.424 e. The molecule has 0 aromatic carbocycles. The van der Waals surface area contributed by atoms with Gasteiger partial charge in [0.2, 0.25) is 11.8 Å². The second-order valence-corrected chi connectivity index (χ2v) is 6.05. The third kappa shape index (κ3) is 2.97. The van der Waals surface area contributed by atoms with Crippen molar-refractivity contribution in [3.05, 3.63) is 24.4 Å². The van der Waals surface area contributed by atoms with E-state index >= 15 is 0 Å². The second kappa shape index (κ2) is 5.55. The summed E-state index contributed by atoms with van der Waals surface area (Å²) in [6, 6.07) is 0.469. The molecule has 1 saturated carbocycles. The fraction of sp³-hybridized carbons (Fsp3) is 0.714. The van der Waals surface area contributed by atoms with Gasteiger partial charge in [0.15, 0.2) is 0 Å². The normalized spacial score (nSPS) is 23.5. The molecule has 21 heavy (non-hydrogen) atoms. The lowest BCUT2D eigenvalue weighted by Gasteiger charge is -2.34. The fourth-order valence-electron chi connectivity index (χ4n) is 3.02. The summed E-state index contributed by atoms with van der Waals surface area (Å²) in [6.07, 6.45) is 9.45. The Hall–Kier alpha value is -1.76. The summed E-state index contributed by atoms with van der Waals surface area (Å²) in [4.78, 5) is 6.46. The van der Waals surface area contributed by atoms with E-state index in [1.165, 1.54) is 32.1 Å². The van der Waals surface area contributed by atoms with Gasteiger partial charge in [-0.15, -0.1) is 10.2 Å². The lowest BCUT2D eigenvalue weighted by atomic mass is 10.0. The standard InChI is InChI=1S/C14H20N6O/c1-2-6-19(12(3-1)7-20-10-15-9-16-20)8-13-17-18-14(21-13)11-4-5-11/h9-12H,1-8H2. The van der Waals surface area contributed by atoms with E-state index in [4.69, 9.17) is 4.42 Å². The van der Waals surface area contributed by atoms with Crippen LogP contribution in [0.4, 0.5) is 0 Å². The van der Waals surface area contributed by atoms with Crippen molar-refractivity contribution in [1.82, 2.24) is 29.9 Å². The zero-order valence-electron chi connectivity index (χ0n) is 12.1. The molecule has 2 fully saturated rings. The van der Waals surface area contributed by atoms with E-state index in [9.17, 15) is 0 Å². The van der Waals surface area contributed by atoms with Gasteiger partial charge in [-0.2, -0.15) is 5.10 Å². The number of piperidine rings is 1. The van der Waals surface area contributed by atoms with Gasteiger partial charge in [0, 0.05) is 12.0 Å². The fourth-order valence-corrected chi connectivity index (χ4v) is 3.02. The van der Waals surface area contributed by atoms with E-state index < -0.39 is 0 Å². The quantitative estimate of drug-likeness (QED) is 0.832. The highest BCUT2D eigenvalue weighted by atomic mass is 16.4. The summed E-state index contributed by atoms with van der Waals surface area (Å²) in [5.41, 5.74) is 0. The molecular weight excluding hydrogens is 268 g/mol. The molecule has 1 unspecified atom stereocenters. The molecule has 4 rings (SSSR count). The Bertz CT molecular complexity index is 576. The third-order valence-electron chi connectivity index (χ3n) is 4.36. The number of hydrogen-bond donors (Lipinski definition) is 0. The average molecular weight is 288 g/mol. The Morgan fingerprint density at radius 3 is 2.95 bits per heavy atom. The lowest BCUT2D eigenvalue weighted by molar-refractivity contribution is 0.110. The number of hydrogen-bond acceptors (Lipinski definition) is 6. The minimum atomic E-state index is 0.469. The molecule has 2 aliphatic rings. The predicted octanol–water partition coefficient (Wildman–Crippen LogP) is 1.59. The number of nitrogens with zero attached hydrogens (tertiary/aromatic N) is 6. The first-order valence-electron chi connectivity index (χ1n) is 7.77. The number of rotatable bonds is 5. The van der Waals surface area contributed by atoms with Crippen molar-refractivity contribution in [3.8, 4) is 0 Å². The van der Waals surface area contributed by atoms with Crippen LogP contribution in [-0.4, -0.2) is 42.4 Å². The minimum Gasteiger partial charge on any atom is -0.424 e.